The van der Waals surface area contributed by atoms with Crippen LogP contribution in [0.5, 0.6) is 0 Å². The maximum absolute atomic E-state index is 13.4. The smallest absolute Gasteiger partial charge is 0.129 e. The molecule has 1 aliphatic heterocycles. The van der Waals surface area contributed by atoms with E-state index in [4.69, 9.17) is 10.5 Å². The summed E-state index contributed by atoms with van der Waals surface area (Å²) in [4.78, 5) is 0. The Morgan fingerprint density at radius 2 is 1.75 bits per heavy atom. The van der Waals surface area contributed by atoms with Gasteiger partial charge in [-0.3, -0.25) is 0 Å². The Bertz CT molecular complexity index is 355. The highest BCUT2D eigenvalue weighted by atomic mass is 19.1. The van der Waals surface area contributed by atoms with Crippen molar-refractivity contribution in [3.8, 4) is 0 Å². The second-order valence-electron chi connectivity index (χ2n) is 4.35. The van der Waals surface area contributed by atoms with E-state index >= 15 is 0 Å². The average molecular weight is 227 g/mol. The second kappa shape index (κ2) is 4.47. The zero-order chi connectivity index (χ0) is 11.6. The number of ether oxygens (including phenoxy) is 1. The fraction of sp³-hybridized carbons (Fsp3) is 0.500. The molecule has 0 aromatic heterocycles. The van der Waals surface area contributed by atoms with E-state index in [9.17, 15) is 8.78 Å². The minimum absolute atomic E-state index is 0.0897. The van der Waals surface area contributed by atoms with Crippen LogP contribution >= 0.6 is 0 Å². The molecule has 4 heteroatoms. The molecule has 1 fully saturated rings. The van der Waals surface area contributed by atoms with E-state index in [-0.39, 0.29) is 12.0 Å². The Morgan fingerprint density at radius 3 is 2.31 bits per heavy atom. The van der Waals surface area contributed by atoms with Crippen LogP contribution in [-0.4, -0.2) is 18.8 Å². The van der Waals surface area contributed by atoms with Crippen molar-refractivity contribution < 1.29 is 13.5 Å². The molecule has 2 nitrogen and oxygen atoms in total. The third kappa shape index (κ3) is 2.39. The van der Waals surface area contributed by atoms with Gasteiger partial charge in [0.15, 0.2) is 0 Å². The molecule has 0 atom stereocenters. The molecule has 1 heterocycles. The van der Waals surface area contributed by atoms with Crippen molar-refractivity contribution in [3.05, 3.63) is 35.4 Å². The first-order valence-electron chi connectivity index (χ1n) is 5.40. The lowest BCUT2D eigenvalue weighted by Crippen LogP contribution is -2.47. The van der Waals surface area contributed by atoms with Gasteiger partial charge in [0.05, 0.1) is 0 Å². The number of hydrogen-bond donors (Lipinski definition) is 1. The lowest BCUT2D eigenvalue weighted by atomic mass is 9.84. The van der Waals surface area contributed by atoms with Gasteiger partial charge in [0, 0.05) is 24.3 Å². The first kappa shape index (κ1) is 11.5. The molecule has 1 saturated heterocycles. The molecule has 2 N–H and O–H groups in total. The van der Waals surface area contributed by atoms with Crippen molar-refractivity contribution in [3.63, 3.8) is 0 Å². The Labute approximate surface area is 93.4 Å². The number of benzene rings is 1. The van der Waals surface area contributed by atoms with Gasteiger partial charge in [-0.15, -0.1) is 0 Å². The van der Waals surface area contributed by atoms with Gasteiger partial charge in [0.25, 0.3) is 0 Å². The van der Waals surface area contributed by atoms with Crippen molar-refractivity contribution in [2.75, 3.05) is 13.2 Å². The molecule has 0 unspecified atom stereocenters. The molecule has 0 amide bonds. The number of halogens is 2. The van der Waals surface area contributed by atoms with E-state index < -0.39 is 17.2 Å². The average Bonchev–Trinajstić information content (AvgIpc) is 2.25. The summed E-state index contributed by atoms with van der Waals surface area (Å²) >= 11 is 0. The van der Waals surface area contributed by atoms with Crippen LogP contribution in [0, 0.1) is 11.6 Å². The summed E-state index contributed by atoms with van der Waals surface area (Å²) in [6, 6.07) is 3.89. The molecule has 0 bridgehead atoms. The number of hydrogen-bond acceptors (Lipinski definition) is 2. The van der Waals surface area contributed by atoms with E-state index in [1.54, 1.807) is 0 Å². The highest BCUT2D eigenvalue weighted by molar-refractivity contribution is 5.22. The highest BCUT2D eigenvalue weighted by Gasteiger charge is 2.30. The van der Waals surface area contributed by atoms with Gasteiger partial charge in [-0.2, -0.15) is 0 Å². The Hall–Kier alpha value is -1.00. The fourth-order valence-corrected chi connectivity index (χ4v) is 2.01. The van der Waals surface area contributed by atoms with E-state index in [0.717, 1.165) is 0 Å². The van der Waals surface area contributed by atoms with Crippen molar-refractivity contribution >= 4 is 0 Å². The summed E-state index contributed by atoms with van der Waals surface area (Å²) in [7, 11) is 0. The van der Waals surface area contributed by atoms with Crippen LogP contribution in [0.2, 0.25) is 0 Å². The first-order valence-corrected chi connectivity index (χ1v) is 5.40. The van der Waals surface area contributed by atoms with Crippen LogP contribution < -0.4 is 5.73 Å². The van der Waals surface area contributed by atoms with Gasteiger partial charge in [0.2, 0.25) is 0 Å². The summed E-state index contributed by atoms with van der Waals surface area (Å²) in [5.74, 6) is -1.03. The van der Waals surface area contributed by atoms with Crippen LogP contribution in [0.4, 0.5) is 8.78 Å². The highest BCUT2D eigenvalue weighted by Crippen LogP contribution is 2.25. The van der Waals surface area contributed by atoms with E-state index in [2.05, 4.69) is 0 Å². The SMILES string of the molecule is NC1(Cc2c(F)cccc2F)CCOCC1. The van der Waals surface area contributed by atoms with Crippen LogP contribution in [0.1, 0.15) is 18.4 Å². The minimum Gasteiger partial charge on any atom is -0.381 e. The quantitative estimate of drug-likeness (QED) is 0.838. The normalized spacial score (nSPS) is 19.7. The summed E-state index contributed by atoms with van der Waals surface area (Å²) in [5, 5.41) is 0. The minimum atomic E-state index is -0.540. The zero-order valence-corrected chi connectivity index (χ0v) is 9.01. The van der Waals surface area contributed by atoms with Crippen LogP contribution in [0.15, 0.2) is 18.2 Å². The van der Waals surface area contributed by atoms with Crippen molar-refractivity contribution in [1.82, 2.24) is 0 Å². The van der Waals surface area contributed by atoms with E-state index in [1.807, 2.05) is 0 Å². The molecule has 88 valence electrons. The van der Waals surface area contributed by atoms with Crippen LogP contribution in [0.3, 0.4) is 0 Å². The van der Waals surface area contributed by atoms with Gasteiger partial charge < -0.3 is 10.5 Å². The maximum atomic E-state index is 13.4. The Morgan fingerprint density at radius 1 is 1.19 bits per heavy atom. The largest absolute Gasteiger partial charge is 0.381 e. The summed E-state index contributed by atoms with van der Waals surface area (Å²) in [6.07, 6.45) is 1.51. The first-order chi connectivity index (χ1) is 7.61. The maximum Gasteiger partial charge on any atom is 0.129 e. The van der Waals surface area contributed by atoms with Crippen molar-refractivity contribution in [2.24, 2.45) is 5.73 Å². The second-order valence-corrected chi connectivity index (χ2v) is 4.35. The molecule has 0 aliphatic carbocycles. The lowest BCUT2D eigenvalue weighted by molar-refractivity contribution is 0.0527. The van der Waals surface area contributed by atoms with Gasteiger partial charge in [-0.05, 0) is 31.4 Å². The molecule has 0 spiro atoms. The number of rotatable bonds is 2. The monoisotopic (exact) mass is 227 g/mol. The van der Waals surface area contributed by atoms with E-state index in [1.165, 1.54) is 18.2 Å². The van der Waals surface area contributed by atoms with Crippen LogP contribution in [0.25, 0.3) is 0 Å². The molecular formula is C12H15F2NO. The van der Waals surface area contributed by atoms with Crippen LogP contribution in [-0.2, 0) is 11.2 Å². The van der Waals surface area contributed by atoms with Gasteiger partial charge in [-0.25, -0.2) is 8.78 Å². The number of nitrogens with two attached hydrogens (primary N) is 1. The molecule has 0 radical (unpaired) electrons. The fourth-order valence-electron chi connectivity index (χ4n) is 2.01. The predicted molar refractivity (Wildman–Crippen MR) is 57.0 cm³/mol. The third-order valence-corrected chi connectivity index (χ3v) is 3.08. The Balaban J connectivity index is 2.19. The standard InChI is InChI=1S/C12H15F2NO/c13-10-2-1-3-11(14)9(10)8-12(15)4-6-16-7-5-12/h1-3H,4-8,15H2. The summed E-state index contributed by atoms with van der Waals surface area (Å²) < 4.78 is 32.1. The van der Waals surface area contributed by atoms with Gasteiger partial charge in [0.1, 0.15) is 11.6 Å². The van der Waals surface area contributed by atoms with Gasteiger partial charge in [-0.1, -0.05) is 6.07 Å². The van der Waals surface area contributed by atoms with Crippen molar-refractivity contribution in [2.45, 2.75) is 24.8 Å². The molecule has 1 aromatic rings. The zero-order valence-electron chi connectivity index (χ0n) is 9.01. The predicted octanol–water partition coefficient (Wildman–Crippen LogP) is 2.02. The molecular weight excluding hydrogens is 212 g/mol. The molecule has 16 heavy (non-hydrogen) atoms. The van der Waals surface area contributed by atoms with Gasteiger partial charge >= 0.3 is 0 Å². The molecule has 1 aliphatic rings. The molecule has 1 aromatic carbocycles. The third-order valence-electron chi connectivity index (χ3n) is 3.08. The van der Waals surface area contributed by atoms with E-state index in [0.29, 0.717) is 26.1 Å². The summed E-state index contributed by atoms with van der Waals surface area (Å²) in [5.41, 5.74) is 5.66. The Kier molecular flexibility index (Phi) is 3.21. The molecule has 0 saturated carbocycles. The lowest BCUT2D eigenvalue weighted by Gasteiger charge is -2.33. The van der Waals surface area contributed by atoms with Crippen molar-refractivity contribution in [1.29, 1.82) is 0 Å². The topological polar surface area (TPSA) is 35.2 Å². The molecule has 2 rings (SSSR count). The summed E-state index contributed by atoms with van der Waals surface area (Å²) in [6.45, 7) is 1.12.